The van der Waals surface area contributed by atoms with Gasteiger partial charge in [0.05, 0.1) is 0 Å². The summed E-state index contributed by atoms with van der Waals surface area (Å²) >= 11 is 0. The second-order valence-corrected chi connectivity index (χ2v) is 4.27. The van der Waals surface area contributed by atoms with Gasteiger partial charge in [-0.25, -0.2) is 9.97 Å². The van der Waals surface area contributed by atoms with Crippen LogP contribution in [0.3, 0.4) is 0 Å². The Balaban J connectivity index is 2.73. The van der Waals surface area contributed by atoms with Crippen molar-refractivity contribution in [1.29, 1.82) is 0 Å². The van der Waals surface area contributed by atoms with Crippen LogP contribution < -0.4 is 0 Å². The number of rotatable bonds is 6. The normalized spacial score (nSPS) is 14.9. The largest absolute Gasteiger partial charge is 0.241 e. The Hall–Kier alpha value is -0.920. The van der Waals surface area contributed by atoms with Crippen molar-refractivity contribution in [2.45, 2.75) is 52.4 Å². The number of hydrogen-bond acceptors (Lipinski definition) is 2. The van der Waals surface area contributed by atoms with Crippen LogP contribution in [0.25, 0.3) is 0 Å². The van der Waals surface area contributed by atoms with E-state index in [1.54, 1.807) is 0 Å². The lowest BCUT2D eigenvalue weighted by Gasteiger charge is -2.21. The summed E-state index contributed by atoms with van der Waals surface area (Å²) in [5, 5.41) is 0. The molecule has 0 saturated heterocycles. The highest BCUT2D eigenvalue weighted by Crippen LogP contribution is 2.29. The minimum atomic E-state index is 0.538. The quantitative estimate of drug-likeness (QED) is 0.707. The number of hydrogen-bond donors (Lipinski definition) is 0. The summed E-state index contributed by atoms with van der Waals surface area (Å²) in [6, 6.07) is 1.89. The molecule has 0 aliphatic heterocycles. The first kappa shape index (κ1) is 12.2. The maximum Gasteiger partial charge on any atom is 0.131 e. The van der Waals surface area contributed by atoms with Crippen LogP contribution in [0.2, 0.25) is 0 Å². The minimum absolute atomic E-state index is 0.538. The predicted octanol–water partition coefficient (Wildman–Crippen LogP) is 3.80. The molecule has 0 aliphatic carbocycles. The molecule has 1 aromatic rings. The van der Waals surface area contributed by atoms with E-state index in [9.17, 15) is 0 Å². The molecule has 0 amide bonds. The van der Waals surface area contributed by atoms with Gasteiger partial charge in [-0.05, 0) is 18.4 Å². The summed E-state index contributed by atoms with van der Waals surface area (Å²) in [6.45, 7) is 6.79. The highest BCUT2D eigenvalue weighted by molar-refractivity contribution is 4.98. The molecule has 2 heteroatoms. The van der Waals surface area contributed by atoms with Gasteiger partial charge in [-0.3, -0.25) is 0 Å². The zero-order chi connectivity index (χ0) is 11.1. The van der Waals surface area contributed by atoms with Crippen molar-refractivity contribution >= 4 is 0 Å². The van der Waals surface area contributed by atoms with Gasteiger partial charge in [0.15, 0.2) is 0 Å². The van der Waals surface area contributed by atoms with Crippen molar-refractivity contribution in [2.75, 3.05) is 0 Å². The first-order chi connectivity index (χ1) is 7.29. The molecular formula is C13H22N2. The summed E-state index contributed by atoms with van der Waals surface area (Å²) in [5.74, 6) is 2.26. The maximum absolute atomic E-state index is 4.39. The van der Waals surface area contributed by atoms with Crippen LogP contribution in [0.5, 0.6) is 0 Å². The van der Waals surface area contributed by atoms with Gasteiger partial charge in [-0.15, -0.1) is 0 Å². The fourth-order valence-corrected chi connectivity index (χ4v) is 2.14. The molecule has 0 saturated carbocycles. The van der Waals surface area contributed by atoms with Crippen molar-refractivity contribution in [3.05, 3.63) is 24.3 Å². The van der Waals surface area contributed by atoms with E-state index in [2.05, 4.69) is 30.7 Å². The van der Waals surface area contributed by atoms with Crippen molar-refractivity contribution in [2.24, 2.45) is 5.92 Å². The summed E-state index contributed by atoms with van der Waals surface area (Å²) in [5.41, 5.74) is 0. The van der Waals surface area contributed by atoms with E-state index in [0.29, 0.717) is 11.8 Å². The molecule has 2 nitrogen and oxygen atoms in total. The third kappa shape index (κ3) is 3.61. The van der Waals surface area contributed by atoms with Gasteiger partial charge >= 0.3 is 0 Å². The van der Waals surface area contributed by atoms with E-state index in [1.807, 2.05) is 18.5 Å². The van der Waals surface area contributed by atoms with Crippen molar-refractivity contribution in [3.8, 4) is 0 Å². The lowest BCUT2D eigenvalue weighted by Crippen LogP contribution is -2.12. The monoisotopic (exact) mass is 206 g/mol. The highest BCUT2D eigenvalue weighted by atomic mass is 14.9. The van der Waals surface area contributed by atoms with E-state index in [1.165, 1.54) is 25.7 Å². The van der Waals surface area contributed by atoms with Crippen LogP contribution in [-0.4, -0.2) is 9.97 Å². The summed E-state index contributed by atoms with van der Waals surface area (Å²) in [6.07, 6.45) is 8.62. The Morgan fingerprint density at radius 2 is 1.67 bits per heavy atom. The Bertz CT molecular complexity index is 258. The van der Waals surface area contributed by atoms with E-state index in [0.717, 1.165) is 5.82 Å². The lowest BCUT2D eigenvalue weighted by molar-refractivity contribution is 0.386. The zero-order valence-corrected chi connectivity index (χ0v) is 10.1. The van der Waals surface area contributed by atoms with Gasteiger partial charge in [-0.1, -0.05) is 40.0 Å². The van der Waals surface area contributed by atoms with E-state index in [-0.39, 0.29) is 0 Å². The molecule has 15 heavy (non-hydrogen) atoms. The van der Waals surface area contributed by atoms with Crippen LogP contribution in [0.15, 0.2) is 18.5 Å². The van der Waals surface area contributed by atoms with Crippen molar-refractivity contribution in [1.82, 2.24) is 9.97 Å². The number of aromatic nitrogens is 2. The Morgan fingerprint density at radius 3 is 2.20 bits per heavy atom. The first-order valence-corrected chi connectivity index (χ1v) is 6.06. The SMILES string of the molecule is CCCC(C)C(CCC)c1ncccn1. The Kier molecular flexibility index (Phi) is 5.30. The Morgan fingerprint density at radius 1 is 1.07 bits per heavy atom. The molecule has 1 aromatic heterocycles. The van der Waals surface area contributed by atoms with Gasteiger partial charge in [-0.2, -0.15) is 0 Å². The van der Waals surface area contributed by atoms with Gasteiger partial charge in [0, 0.05) is 18.3 Å². The highest BCUT2D eigenvalue weighted by Gasteiger charge is 2.19. The maximum atomic E-state index is 4.39. The van der Waals surface area contributed by atoms with Crippen LogP contribution in [0, 0.1) is 5.92 Å². The summed E-state index contributed by atoms with van der Waals surface area (Å²) in [7, 11) is 0. The minimum Gasteiger partial charge on any atom is -0.241 e. The lowest BCUT2D eigenvalue weighted by atomic mass is 9.86. The van der Waals surface area contributed by atoms with E-state index < -0.39 is 0 Å². The van der Waals surface area contributed by atoms with Gasteiger partial charge in [0.25, 0.3) is 0 Å². The molecule has 2 unspecified atom stereocenters. The predicted molar refractivity (Wildman–Crippen MR) is 63.8 cm³/mol. The molecule has 0 spiro atoms. The van der Waals surface area contributed by atoms with E-state index >= 15 is 0 Å². The zero-order valence-electron chi connectivity index (χ0n) is 10.1. The smallest absolute Gasteiger partial charge is 0.131 e. The fraction of sp³-hybridized carbons (Fsp3) is 0.692. The fourth-order valence-electron chi connectivity index (χ4n) is 2.14. The molecule has 1 heterocycles. The van der Waals surface area contributed by atoms with Crippen LogP contribution in [0.1, 0.15) is 58.2 Å². The molecule has 84 valence electrons. The van der Waals surface area contributed by atoms with Gasteiger partial charge in [0.1, 0.15) is 5.82 Å². The standard InChI is InChI=1S/C13H22N2/c1-4-7-11(3)12(8-5-2)13-14-9-6-10-15-13/h6,9-12H,4-5,7-8H2,1-3H3. The molecule has 0 aliphatic rings. The first-order valence-electron chi connectivity index (χ1n) is 6.06. The molecule has 2 atom stereocenters. The molecule has 0 fully saturated rings. The molecule has 0 aromatic carbocycles. The average molecular weight is 206 g/mol. The molecule has 0 bridgehead atoms. The molecule has 0 N–H and O–H groups in total. The third-order valence-electron chi connectivity index (χ3n) is 2.95. The molecule has 1 rings (SSSR count). The number of nitrogens with zero attached hydrogens (tertiary/aromatic N) is 2. The second kappa shape index (κ2) is 6.54. The van der Waals surface area contributed by atoms with Crippen molar-refractivity contribution in [3.63, 3.8) is 0 Å². The summed E-state index contributed by atoms with van der Waals surface area (Å²) in [4.78, 5) is 8.78. The molecule has 0 radical (unpaired) electrons. The second-order valence-electron chi connectivity index (χ2n) is 4.27. The van der Waals surface area contributed by atoms with E-state index in [4.69, 9.17) is 0 Å². The molecular weight excluding hydrogens is 184 g/mol. The van der Waals surface area contributed by atoms with Crippen LogP contribution in [0.4, 0.5) is 0 Å². The van der Waals surface area contributed by atoms with Crippen LogP contribution >= 0.6 is 0 Å². The van der Waals surface area contributed by atoms with Crippen LogP contribution in [-0.2, 0) is 0 Å². The Labute approximate surface area is 93.2 Å². The topological polar surface area (TPSA) is 25.8 Å². The van der Waals surface area contributed by atoms with Crippen molar-refractivity contribution < 1.29 is 0 Å². The summed E-state index contributed by atoms with van der Waals surface area (Å²) < 4.78 is 0. The van der Waals surface area contributed by atoms with Gasteiger partial charge in [0.2, 0.25) is 0 Å². The average Bonchev–Trinajstić information content (AvgIpc) is 2.27. The van der Waals surface area contributed by atoms with Gasteiger partial charge < -0.3 is 0 Å². The third-order valence-corrected chi connectivity index (χ3v) is 2.95.